The third-order valence-corrected chi connectivity index (χ3v) is 3.77. The lowest BCUT2D eigenvalue weighted by molar-refractivity contribution is -0.891. The standard InChI is InChI=1S/C15H16ClN3O4/c1-18(2)13(14-4-3-7-23-14)9-17-15(20)10-5-6-11(16)12(8-10)19(21)22/h3-8,13H,9H2,1-2H3,(H,17,20)/p+1/t13-/m1/s1. The average molecular weight is 339 g/mol. The van der Waals surface area contributed by atoms with E-state index in [0.717, 1.165) is 10.7 Å². The topological polar surface area (TPSA) is 89.8 Å². The third kappa shape index (κ3) is 4.08. The van der Waals surface area contributed by atoms with Gasteiger partial charge in [0.15, 0.2) is 11.8 Å². The number of carbonyl (C=O) groups is 1. The van der Waals surface area contributed by atoms with Crippen molar-refractivity contribution < 1.29 is 19.0 Å². The Bertz CT molecular complexity index is 701. The lowest BCUT2D eigenvalue weighted by Crippen LogP contribution is -3.07. The van der Waals surface area contributed by atoms with Gasteiger partial charge in [-0.25, -0.2) is 0 Å². The molecule has 1 aromatic carbocycles. The van der Waals surface area contributed by atoms with Gasteiger partial charge in [0.25, 0.3) is 11.6 Å². The molecular formula is C15H17ClN3O4+. The molecule has 0 unspecified atom stereocenters. The molecule has 1 amide bonds. The van der Waals surface area contributed by atoms with Crippen LogP contribution in [0.15, 0.2) is 41.0 Å². The number of hydrogen-bond donors (Lipinski definition) is 2. The molecule has 0 spiro atoms. The number of nitro benzene ring substituents is 1. The Hall–Kier alpha value is -2.38. The van der Waals surface area contributed by atoms with E-state index in [1.807, 2.05) is 20.2 Å². The molecule has 0 bridgehead atoms. The highest BCUT2D eigenvalue weighted by Crippen LogP contribution is 2.25. The minimum absolute atomic E-state index is 0.00209. The van der Waals surface area contributed by atoms with E-state index in [1.54, 1.807) is 12.3 Å². The van der Waals surface area contributed by atoms with Crippen molar-refractivity contribution in [2.45, 2.75) is 6.04 Å². The molecule has 0 aliphatic rings. The van der Waals surface area contributed by atoms with E-state index in [2.05, 4.69) is 5.32 Å². The summed E-state index contributed by atoms with van der Waals surface area (Å²) in [5.41, 5.74) is -0.104. The van der Waals surface area contributed by atoms with Gasteiger partial charge in [0, 0.05) is 11.6 Å². The number of carbonyl (C=O) groups excluding carboxylic acids is 1. The van der Waals surface area contributed by atoms with Crippen molar-refractivity contribution in [3.8, 4) is 0 Å². The third-order valence-electron chi connectivity index (χ3n) is 3.46. The second-order valence-corrected chi connectivity index (χ2v) is 5.69. The molecule has 0 aliphatic carbocycles. The van der Waals surface area contributed by atoms with E-state index in [0.29, 0.717) is 6.54 Å². The van der Waals surface area contributed by atoms with Gasteiger partial charge in [-0.1, -0.05) is 11.6 Å². The van der Waals surface area contributed by atoms with Crippen molar-refractivity contribution in [1.82, 2.24) is 5.32 Å². The smallest absolute Gasteiger partial charge is 0.288 e. The van der Waals surface area contributed by atoms with Crippen LogP contribution in [0.4, 0.5) is 5.69 Å². The number of rotatable bonds is 6. The molecule has 122 valence electrons. The first-order valence-corrected chi connectivity index (χ1v) is 7.33. The highest BCUT2D eigenvalue weighted by molar-refractivity contribution is 6.32. The quantitative estimate of drug-likeness (QED) is 0.616. The molecule has 0 saturated heterocycles. The van der Waals surface area contributed by atoms with Crippen LogP contribution in [0, 0.1) is 10.1 Å². The number of halogens is 1. The van der Waals surface area contributed by atoms with Crippen LogP contribution in [0.2, 0.25) is 5.02 Å². The first-order valence-electron chi connectivity index (χ1n) is 6.95. The van der Waals surface area contributed by atoms with Crippen LogP contribution in [0.5, 0.6) is 0 Å². The van der Waals surface area contributed by atoms with Gasteiger partial charge < -0.3 is 14.6 Å². The Morgan fingerprint density at radius 1 is 1.43 bits per heavy atom. The minimum Gasteiger partial charge on any atom is -0.463 e. The Labute approximate surface area is 138 Å². The highest BCUT2D eigenvalue weighted by atomic mass is 35.5. The van der Waals surface area contributed by atoms with E-state index >= 15 is 0 Å². The molecule has 1 aromatic heterocycles. The Morgan fingerprint density at radius 3 is 2.74 bits per heavy atom. The Morgan fingerprint density at radius 2 is 2.17 bits per heavy atom. The van der Waals surface area contributed by atoms with Crippen LogP contribution in [0.25, 0.3) is 0 Å². The Balaban J connectivity index is 2.10. The van der Waals surface area contributed by atoms with Gasteiger partial charge >= 0.3 is 0 Å². The molecule has 1 heterocycles. The van der Waals surface area contributed by atoms with Crippen molar-refractivity contribution >= 4 is 23.2 Å². The molecule has 1 atom stereocenters. The van der Waals surface area contributed by atoms with Gasteiger partial charge in [-0.15, -0.1) is 0 Å². The van der Waals surface area contributed by atoms with Crippen LogP contribution >= 0.6 is 11.6 Å². The molecule has 2 rings (SSSR count). The van der Waals surface area contributed by atoms with Crippen molar-refractivity contribution in [3.63, 3.8) is 0 Å². The molecule has 0 aliphatic heterocycles. The molecule has 2 N–H and O–H groups in total. The number of benzene rings is 1. The summed E-state index contributed by atoms with van der Waals surface area (Å²) in [6, 6.07) is 7.54. The molecule has 23 heavy (non-hydrogen) atoms. The summed E-state index contributed by atoms with van der Waals surface area (Å²) in [5.74, 6) is 0.356. The second-order valence-electron chi connectivity index (χ2n) is 5.28. The van der Waals surface area contributed by atoms with E-state index in [4.69, 9.17) is 16.0 Å². The van der Waals surface area contributed by atoms with E-state index in [1.165, 1.54) is 18.2 Å². The predicted octanol–water partition coefficient (Wildman–Crippen LogP) is 1.46. The maximum Gasteiger partial charge on any atom is 0.288 e. The lowest BCUT2D eigenvalue weighted by atomic mass is 10.1. The maximum atomic E-state index is 12.2. The van der Waals surface area contributed by atoms with Gasteiger partial charge in [0.1, 0.15) is 5.02 Å². The summed E-state index contributed by atoms with van der Waals surface area (Å²) >= 11 is 5.74. The average Bonchev–Trinajstić information content (AvgIpc) is 3.01. The monoisotopic (exact) mass is 338 g/mol. The summed E-state index contributed by atoms with van der Waals surface area (Å²) in [5, 5.41) is 13.6. The predicted molar refractivity (Wildman–Crippen MR) is 84.7 cm³/mol. The highest BCUT2D eigenvalue weighted by Gasteiger charge is 2.22. The second kappa shape index (κ2) is 7.26. The molecule has 7 nitrogen and oxygen atoms in total. The summed E-state index contributed by atoms with van der Waals surface area (Å²) in [6.45, 7) is 0.338. The SMILES string of the molecule is C[NH+](C)[C@H](CNC(=O)c1ccc(Cl)c([N+](=O)[O-])c1)c1ccco1. The van der Waals surface area contributed by atoms with Crippen LogP contribution in [0.1, 0.15) is 22.2 Å². The van der Waals surface area contributed by atoms with Crippen molar-refractivity contribution in [1.29, 1.82) is 0 Å². The molecular weight excluding hydrogens is 322 g/mol. The zero-order valence-electron chi connectivity index (χ0n) is 12.7. The number of nitrogens with zero attached hydrogens (tertiary/aromatic N) is 1. The fraction of sp³-hybridized carbons (Fsp3) is 0.267. The van der Waals surface area contributed by atoms with Crippen molar-refractivity contribution in [2.75, 3.05) is 20.6 Å². The maximum absolute atomic E-state index is 12.2. The van der Waals surface area contributed by atoms with Crippen molar-refractivity contribution in [3.05, 3.63) is 63.1 Å². The number of hydrogen-bond acceptors (Lipinski definition) is 4. The first-order chi connectivity index (χ1) is 10.9. The number of amides is 1. The van der Waals surface area contributed by atoms with Crippen LogP contribution in [-0.4, -0.2) is 31.5 Å². The van der Waals surface area contributed by atoms with Crippen molar-refractivity contribution in [2.24, 2.45) is 0 Å². The fourth-order valence-corrected chi connectivity index (χ4v) is 2.36. The summed E-state index contributed by atoms with van der Waals surface area (Å²) < 4.78 is 5.38. The fourth-order valence-electron chi connectivity index (χ4n) is 2.17. The van der Waals surface area contributed by atoms with Crippen LogP contribution < -0.4 is 10.2 Å². The van der Waals surface area contributed by atoms with E-state index in [-0.39, 0.29) is 22.3 Å². The summed E-state index contributed by atoms with van der Waals surface area (Å²) in [6.07, 6.45) is 1.58. The number of furan rings is 1. The minimum atomic E-state index is -0.616. The van der Waals surface area contributed by atoms with E-state index in [9.17, 15) is 14.9 Å². The van der Waals surface area contributed by atoms with Gasteiger partial charge in [-0.2, -0.15) is 0 Å². The lowest BCUT2D eigenvalue weighted by Gasteiger charge is -2.19. The number of quaternary nitrogens is 1. The molecule has 2 aromatic rings. The zero-order chi connectivity index (χ0) is 17.0. The summed E-state index contributed by atoms with van der Waals surface area (Å²) in [7, 11) is 3.90. The number of nitrogens with one attached hydrogen (secondary N) is 2. The Kier molecular flexibility index (Phi) is 5.36. The van der Waals surface area contributed by atoms with Gasteiger partial charge in [-0.3, -0.25) is 14.9 Å². The van der Waals surface area contributed by atoms with Gasteiger partial charge in [0.05, 0.1) is 31.8 Å². The van der Waals surface area contributed by atoms with Gasteiger partial charge in [0.2, 0.25) is 0 Å². The first kappa shape index (κ1) is 17.0. The van der Waals surface area contributed by atoms with Gasteiger partial charge in [-0.05, 0) is 24.3 Å². The molecule has 0 fully saturated rings. The number of likely N-dealkylation sites (N-methyl/N-ethyl adjacent to an activating group) is 1. The normalized spacial score (nSPS) is 12.2. The van der Waals surface area contributed by atoms with Crippen LogP contribution in [-0.2, 0) is 0 Å². The largest absolute Gasteiger partial charge is 0.463 e. The molecule has 0 radical (unpaired) electrons. The zero-order valence-corrected chi connectivity index (χ0v) is 13.5. The molecule has 0 saturated carbocycles. The molecule has 8 heteroatoms. The van der Waals surface area contributed by atoms with E-state index < -0.39 is 10.8 Å². The number of nitro groups is 1. The van der Waals surface area contributed by atoms with Crippen LogP contribution in [0.3, 0.4) is 0 Å². The summed E-state index contributed by atoms with van der Waals surface area (Å²) in [4.78, 5) is 23.6.